The molecule has 3 heteroatoms. The normalized spacial score (nSPS) is 15.3. The molecule has 0 saturated carbocycles. The summed E-state index contributed by atoms with van der Waals surface area (Å²) in [6, 6.07) is 9.75. The van der Waals surface area contributed by atoms with Crippen LogP contribution in [-0.2, 0) is 19.3 Å². The van der Waals surface area contributed by atoms with Gasteiger partial charge in [-0.3, -0.25) is 0 Å². The number of aryl methyl sites for hydroxylation is 2. The Balaban J connectivity index is 1.79. The lowest BCUT2D eigenvalue weighted by atomic mass is 10.00. The van der Waals surface area contributed by atoms with Crippen LogP contribution in [0, 0.1) is 0 Å². The van der Waals surface area contributed by atoms with E-state index in [2.05, 4.69) is 57.8 Å². The van der Waals surface area contributed by atoms with Gasteiger partial charge >= 0.3 is 0 Å². The highest BCUT2D eigenvalue weighted by molar-refractivity contribution is 9.10. The molecule has 1 aromatic heterocycles. The van der Waals surface area contributed by atoms with Crippen molar-refractivity contribution in [1.29, 1.82) is 0 Å². The monoisotopic (exact) mass is 349 g/mol. The van der Waals surface area contributed by atoms with Crippen molar-refractivity contribution in [2.45, 2.75) is 38.6 Å². The Labute approximate surface area is 133 Å². The molecular weight excluding hydrogens is 330 g/mol. The Morgan fingerprint density at radius 1 is 1.25 bits per heavy atom. The molecule has 3 rings (SSSR count). The second kappa shape index (κ2) is 6.42. The van der Waals surface area contributed by atoms with Crippen LogP contribution >= 0.6 is 27.3 Å². The van der Waals surface area contributed by atoms with Crippen molar-refractivity contribution in [2.75, 3.05) is 6.54 Å². The molecule has 0 aliphatic heterocycles. The van der Waals surface area contributed by atoms with E-state index in [0.717, 1.165) is 13.0 Å². The van der Waals surface area contributed by atoms with Gasteiger partial charge in [0.05, 0.1) is 0 Å². The van der Waals surface area contributed by atoms with Crippen LogP contribution in [0.15, 0.2) is 34.1 Å². The van der Waals surface area contributed by atoms with Gasteiger partial charge in [-0.15, -0.1) is 11.3 Å². The summed E-state index contributed by atoms with van der Waals surface area (Å²) in [5.41, 5.74) is 4.60. The van der Waals surface area contributed by atoms with Crippen LogP contribution in [0.1, 0.15) is 41.0 Å². The van der Waals surface area contributed by atoms with Crippen LogP contribution in [0.4, 0.5) is 0 Å². The van der Waals surface area contributed by atoms with Gasteiger partial charge in [-0.05, 0) is 70.9 Å². The molecule has 1 heterocycles. The zero-order valence-electron chi connectivity index (χ0n) is 11.8. The summed E-state index contributed by atoms with van der Waals surface area (Å²) in [6.07, 6.45) is 4.94. The van der Waals surface area contributed by atoms with Crippen molar-refractivity contribution >= 4 is 27.3 Å². The molecule has 0 bridgehead atoms. The molecule has 1 atom stereocenters. The number of fused-ring (bicyclic) bond motifs is 1. The lowest BCUT2D eigenvalue weighted by Crippen LogP contribution is -2.22. The first-order valence-corrected chi connectivity index (χ1v) is 9.01. The number of benzene rings is 1. The minimum atomic E-state index is 0.427. The Bertz CT molecular complexity index is 590. The van der Waals surface area contributed by atoms with E-state index in [4.69, 9.17) is 0 Å². The molecule has 1 aliphatic carbocycles. The Hall–Kier alpha value is -0.640. The number of hydrogen-bond acceptors (Lipinski definition) is 2. The van der Waals surface area contributed by atoms with E-state index in [1.807, 2.05) is 11.3 Å². The van der Waals surface area contributed by atoms with E-state index < -0.39 is 0 Å². The molecule has 2 aromatic rings. The first-order valence-electron chi connectivity index (χ1n) is 7.34. The Morgan fingerprint density at radius 3 is 2.85 bits per heavy atom. The molecule has 0 fully saturated rings. The van der Waals surface area contributed by atoms with Crippen molar-refractivity contribution in [3.05, 3.63) is 55.7 Å². The quantitative estimate of drug-likeness (QED) is 0.809. The largest absolute Gasteiger partial charge is 0.309 e. The summed E-state index contributed by atoms with van der Waals surface area (Å²) in [7, 11) is 0. The van der Waals surface area contributed by atoms with Gasteiger partial charge in [-0.1, -0.05) is 25.1 Å². The number of thiophene rings is 1. The van der Waals surface area contributed by atoms with Gasteiger partial charge in [0, 0.05) is 20.8 Å². The minimum Gasteiger partial charge on any atom is -0.309 e. The van der Waals surface area contributed by atoms with Gasteiger partial charge in [0.15, 0.2) is 0 Å². The standard InChI is InChI=1S/C17H20BrNS/c1-2-19-16(17-10-15(18)11-20-17)9-12-6-7-13-4-3-5-14(13)8-12/h6-8,10-11,16,19H,2-5,9H2,1H3. The van der Waals surface area contributed by atoms with Crippen LogP contribution in [0.25, 0.3) is 0 Å². The van der Waals surface area contributed by atoms with Gasteiger partial charge in [0.1, 0.15) is 0 Å². The van der Waals surface area contributed by atoms with Gasteiger partial charge in [-0.2, -0.15) is 0 Å². The van der Waals surface area contributed by atoms with Crippen molar-refractivity contribution in [2.24, 2.45) is 0 Å². The molecule has 0 saturated heterocycles. The van der Waals surface area contributed by atoms with E-state index in [1.165, 1.54) is 34.2 Å². The lowest BCUT2D eigenvalue weighted by Gasteiger charge is -2.17. The summed E-state index contributed by atoms with van der Waals surface area (Å²) >= 11 is 5.39. The number of hydrogen-bond donors (Lipinski definition) is 1. The summed E-state index contributed by atoms with van der Waals surface area (Å²) < 4.78 is 1.19. The van der Waals surface area contributed by atoms with Crippen LogP contribution < -0.4 is 5.32 Å². The Morgan fingerprint density at radius 2 is 2.10 bits per heavy atom. The zero-order chi connectivity index (χ0) is 13.9. The maximum Gasteiger partial charge on any atom is 0.0455 e. The molecule has 0 spiro atoms. The third kappa shape index (κ3) is 3.16. The molecule has 1 aliphatic rings. The number of rotatable bonds is 5. The first-order chi connectivity index (χ1) is 9.76. The molecule has 1 aromatic carbocycles. The SMILES string of the molecule is CCNC(Cc1ccc2c(c1)CCC2)c1cc(Br)cs1. The average Bonchev–Trinajstić information content (AvgIpc) is 3.06. The first kappa shape index (κ1) is 14.3. The third-order valence-corrected chi connectivity index (χ3v) is 5.79. The van der Waals surface area contributed by atoms with Crippen LogP contribution in [-0.4, -0.2) is 6.54 Å². The van der Waals surface area contributed by atoms with Crippen molar-refractivity contribution in [3.63, 3.8) is 0 Å². The maximum absolute atomic E-state index is 3.62. The maximum atomic E-state index is 3.62. The summed E-state index contributed by atoms with van der Waals surface area (Å²) in [5.74, 6) is 0. The van der Waals surface area contributed by atoms with Gasteiger partial charge in [0.25, 0.3) is 0 Å². The lowest BCUT2D eigenvalue weighted by molar-refractivity contribution is 0.558. The zero-order valence-corrected chi connectivity index (χ0v) is 14.2. The predicted molar refractivity (Wildman–Crippen MR) is 90.6 cm³/mol. The molecule has 1 unspecified atom stereocenters. The highest BCUT2D eigenvalue weighted by Gasteiger charge is 2.16. The number of likely N-dealkylation sites (N-methyl/N-ethyl adjacent to an activating group) is 1. The van der Waals surface area contributed by atoms with Crippen molar-refractivity contribution in [3.8, 4) is 0 Å². The molecule has 1 nitrogen and oxygen atoms in total. The third-order valence-electron chi connectivity index (χ3n) is 3.98. The van der Waals surface area contributed by atoms with Crippen LogP contribution in [0.2, 0.25) is 0 Å². The van der Waals surface area contributed by atoms with E-state index >= 15 is 0 Å². The smallest absolute Gasteiger partial charge is 0.0455 e. The second-order valence-electron chi connectivity index (χ2n) is 5.44. The van der Waals surface area contributed by atoms with Crippen molar-refractivity contribution in [1.82, 2.24) is 5.32 Å². The fourth-order valence-electron chi connectivity index (χ4n) is 3.02. The second-order valence-corrected chi connectivity index (χ2v) is 7.30. The van der Waals surface area contributed by atoms with Crippen LogP contribution in [0.3, 0.4) is 0 Å². The molecule has 106 valence electrons. The van der Waals surface area contributed by atoms with E-state index in [-0.39, 0.29) is 0 Å². The van der Waals surface area contributed by atoms with Crippen molar-refractivity contribution < 1.29 is 0 Å². The average molecular weight is 350 g/mol. The van der Waals surface area contributed by atoms with E-state index in [0.29, 0.717) is 6.04 Å². The molecule has 0 radical (unpaired) electrons. The minimum absolute atomic E-state index is 0.427. The molecule has 0 amide bonds. The molecule has 20 heavy (non-hydrogen) atoms. The summed E-state index contributed by atoms with van der Waals surface area (Å²) in [5, 5.41) is 5.79. The Kier molecular flexibility index (Phi) is 4.59. The highest BCUT2D eigenvalue weighted by atomic mass is 79.9. The highest BCUT2D eigenvalue weighted by Crippen LogP contribution is 2.29. The van der Waals surface area contributed by atoms with E-state index in [9.17, 15) is 0 Å². The summed E-state index contributed by atoms with van der Waals surface area (Å²) in [4.78, 5) is 1.42. The van der Waals surface area contributed by atoms with Gasteiger partial charge < -0.3 is 5.32 Å². The van der Waals surface area contributed by atoms with Gasteiger partial charge in [0.2, 0.25) is 0 Å². The topological polar surface area (TPSA) is 12.0 Å². The number of halogens is 1. The fraction of sp³-hybridized carbons (Fsp3) is 0.412. The predicted octanol–water partition coefficient (Wildman–Crippen LogP) is 4.89. The molecule has 1 N–H and O–H groups in total. The summed E-state index contributed by atoms with van der Waals surface area (Å²) in [6.45, 7) is 3.18. The fourth-order valence-corrected chi connectivity index (χ4v) is 4.54. The number of nitrogens with one attached hydrogen (secondary N) is 1. The van der Waals surface area contributed by atoms with E-state index in [1.54, 1.807) is 11.1 Å². The molecular formula is C17H20BrNS. The van der Waals surface area contributed by atoms with Crippen LogP contribution in [0.5, 0.6) is 0 Å². The van der Waals surface area contributed by atoms with Gasteiger partial charge in [-0.25, -0.2) is 0 Å².